The summed E-state index contributed by atoms with van der Waals surface area (Å²) in [5, 5.41) is 26.7. The Morgan fingerprint density at radius 2 is 1.26 bits per heavy atom. The number of nitrogens with one attached hydrogen (secondary N) is 1. The number of rotatable bonds is 4. The zero-order chi connectivity index (χ0) is 24.1. The smallest absolute Gasteiger partial charge is 0.154 e. The first kappa shape index (κ1) is 22.2. The molecule has 5 heteroatoms. The van der Waals surface area contributed by atoms with Gasteiger partial charge in [0.2, 0.25) is 0 Å². The fraction of sp³-hybridized carbons (Fsp3) is 0.0345. The largest absolute Gasteiger partial charge is 0.383 e. The lowest BCUT2D eigenvalue weighted by atomic mass is 9.98. The molecular weight excluding hydrogens is 418 g/mol. The van der Waals surface area contributed by atoms with Crippen molar-refractivity contribution in [3.63, 3.8) is 0 Å². The minimum absolute atomic E-state index is 0.0816. The zero-order valence-electron chi connectivity index (χ0n) is 18.6. The summed E-state index contributed by atoms with van der Waals surface area (Å²) in [6.45, 7) is 1.93. The van der Waals surface area contributed by atoms with Gasteiger partial charge in [-0.15, -0.1) is 0 Å². The molecule has 0 bridgehead atoms. The van der Waals surface area contributed by atoms with Gasteiger partial charge in [-0.3, -0.25) is 5.41 Å². The molecule has 0 aliphatic carbocycles. The molecule has 162 valence electrons. The Balaban J connectivity index is 1.55. The maximum absolute atomic E-state index is 9.14. The fourth-order valence-electron chi connectivity index (χ4n) is 3.72. The summed E-state index contributed by atoms with van der Waals surface area (Å²) in [4.78, 5) is 4.33. The first-order valence-corrected chi connectivity index (χ1v) is 10.6. The van der Waals surface area contributed by atoms with Gasteiger partial charge in [0.05, 0.1) is 23.3 Å². The van der Waals surface area contributed by atoms with Crippen LogP contribution in [0.3, 0.4) is 0 Å². The minimum atomic E-state index is 0.0816. The Morgan fingerprint density at radius 1 is 0.735 bits per heavy atom. The monoisotopic (exact) mass is 439 g/mol. The Morgan fingerprint density at radius 3 is 1.82 bits per heavy atom. The van der Waals surface area contributed by atoms with Crippen molar-refractivity contribution in [1.82, 2.24) is 0 Å². The van der Waals surface area contributed by atoms with Crippen LogP contribution in [0.25, 0.3) is 22.3 Å². The topological polar surface area (TPSA) is 110 Å². The van der Waals surface area contributed by atoms with E-state index in [-0.39, 0.29) is 11.7 Å². The molecule has 0 atom stereocenters. The Bertz CT molecular complexity index is 1500. The molecule has 0 saturated heterocycles. The summed E-state index contributed by atoms with van der Waals surface area (Å²) < 4.78 is 0. The lowest BCUT2D eigenvalue weighted by Crippen LogP contribution is -2.16. The van der Waals surface area contributed by atoms with Crippen LogP contribution in [0.4, 0.5) is 0 Å². The maximum atomic E-state index is 9.14. The molecule has 5 nitrogen and oxygen atoms in total. The predicted octanol–water partition coefficient (Wildman–Crippen LogP) is 5.80. The van der Waals surface area contributed by atoms with E-state index in [2.05, 4.69) is 17.1 Å². The molecule has 0 saturated carbocycles. The number of amidine groups is 2. The molecular formula is C29H21N5. The summed E-state index contributed by atoms with van der Waals surface area (Å²) in [6.07, 6.45) is 0. The number of hydrogen-bond acceptors (Lipinski definition) is 3. The van der Waals surface area contributed by atoms with Crippen LogP contribution in [0, 0.1) is 35.0 Å². The molecule has 0 aliphatic heterocycles. The minimum Gasteiger partial charge on any atom is -0.383 e. The third kappa shape index (κ3) is 4.75. The molecule has 0 aromatic heterocycles. The van der Waals surface area contributed by atoms with Crippen LogP contribution in [0.5, 0.6) is 0 Å². The second-order valence-corrected chi connectivity index (χ2v) is 7.84. The van der Waals surface area contributed by atoms with Crippen LogP contribution < -0.4 is 5.73 Å². The second kappa shape index (κ2) is 9.65. The average molecular weight is 440 g/mol. The third-order valence-electron chi connectivity index (χ3n) is 5.54. The first-order valence-electron chi connectivity index (χ1n) is 10.6. The van der Waals surface area contributed by atoms with Crippen molar-refractivity contribution in [1.29, 1.82) is 15.9 Å². The molecule has 3 N–H and O–H groups in total. The molecule has 0 radical (unpaired) electrons. The highest BCUT2D eigenvalue weighted by molar-refractivity contribution is 6.10. The highest BCUT2D eigenvalue weighted by Crippen LogP contribution is 2.24. The van der Waals surface area contributed by atoms with Gasteiger partial charge in [0.25, 0.3) is 0 Å². The number of benzene rings is 4. The van der Waals surface area contributed by atoms with Crippen LogP contribution in [-0.2, 0) is 0 Å². The number of nitrogens with two attached hydrogens (primary N) is 1. The van der Waals surface area contributed by atoms with Gasteiger partial charge in [0.1, 0.15) is 5.84 Å². The molecule has 0 fully saturated rings. The van der Waals surface area contributed by atoms with Crippen molar-refractivity contribution >= 4 is 11.7 Å². The van der Waals surface area contributed by atoms with Crippen LogP contribution in [-0.4, -0.2) is 11.7 Å². The van der Waals surface area contributed by atoms with Gasteiger partial charge in [-0.2, -0.15) is 10.5 Å². The molecule has 4 rings (SSSR count). The highest BCUT2D eigenvalue weighted by atomic mass is 14.9. The summed E-state index contributed by atoms with van der Waals surface area (Å²) in [5.74, 6) is 0.339. The van der Waals surface area contributed by atoms with Gasteiger partial charge in [-0.1, -0.05) is 66.7 Å². The molecule has 0 unspecified atom stereocenters. The number of hydrogen-bond donors (Lipinski definition) is 2. The number of aliphatic imine (C=N–C) groups is 1. The molecule has 0 amide bonds. The van der Waals surface area contributed by atoms with Gasteiger partial charge in [-0.05, 0) is 59.0 Å². The second-order valence-electron chi connectivity index (χ2n) is 7.84. The van der Waals surface area contributed by atoms with E-state index in [9.17, 15) is 0 Å². The SMILES string of the molecule is Cc1cc(-c2cccc(C#N)c2)ccc1C(=N)/N=C(\N)c1ccc(-c2cccc(C#N)c2)cc1. The normalized spacial score (nSPS) is 10.9. The van der Waals surface area contributed by atoms with Crippen molar-refractivity contribution in [3.8, 4) is 34.4 Å². The first-order chi connectivity index (χ1) is 16.5. The van der Waals surface area contributed by atoms with Crippen LogP contribution in [0.2, 0.25) is 0 Å². The van der Waals surface area contributed by atoms with E-state index in [1.165, 1.54) is 0 Å². The van der Waals surface area contributed by atoms with E-state index in [0.29, 0.717) is 22.3 Å². The van der Waals surface area contributed by atoms with E-state index < -0.39 is 0 Å². The molecule has 4 aromatic carbocycles. The van der Waals surface area contributed by atoms with E-state index >= 15 is 0 Å². The molecule has 0 spiro atoms. The number of aryl methyl sites for hydroxylation is 1. The van der Waals surface area contributed by atoms with Crippen LogP contribution in [0.1, 0.15) is 27.8 Å². The average Bonchev–Trinajstić information content (AvgIpc) is 2.88. The predicted molar refractivity (Wildman–Crippen MR) is 135 cm³/mol. The summed E-state index contributed by atoms with van der Waals surface area (Å²) in [6, 6.07) is 32.5. The van der Waals surface area contributed by atoms with Gasteiger partial charge in [0.15, 0.2) is 5.84 Å². The summed E-state index contributed by atoms with van der Waals surface area (Å²) >= 11 is 0. The van der Waals surface area contributed by atoms with Crippen molar-refractivity contribution in [2.45, 2.75) is 6.92 Å². The highest BCUT2D eigenvalue weighted by Gasteiger charge is 2.09. The number of nitrogens with zero attached hydrogens (tertiary/aromatic N) is 3. The van der Waals surface area contributed by atoms with Crippen molar-refractivity contribution in [2.24, 2.45) is 10.7 Å². The standard InChI is InChI=1S/C29H21N5/c1-19-14-26(25-7-3-5-21(16-25)18-31)12-13-27(19)29(33)34-28(32)23-10-8-22(9-11-23)24-6-2-4-20(15-24)17-30/h2-16H,1H3,(H3,32,33,34). The lowest BCUT2D eigenvalue weighted by Gasteiger charge is -2.09. The Labute approximate surface area is 198 Å². The Kier molecular flexibility index (Phi) is 6.30. The summed E-state index contributed by atoms with van der Waals surface area (Å²) in [7, 11) is 0. The van der Waals surface area contributed by atoms with Crippen LogP contribution >= 0.6 is 0 Å². The van der Waals surface area contributed by atoms with Crippen molar-refractivity contribution in [2.75, 3.05) is 0 Å². The molecule has 0 heterocycles. The molecule has 4 aromatic rings. The quantitative estimate of drug-likeness (QED) is 0.309. The molecule has 0 aliphatic rings. The Hall–Kier alpha value is -5.00. The zero-order valence-corrected chi connectivity index (χ0v) is 18.6. The van der Waals surface area contributed by atoms with E-state index in [1.807, 2.05) is 85.8 Å². The van der Waals surface area contributed by atoms with Gasteiger partial charge in [0, 0.05) is 11.1 Å². The molecule has 34 heavy (non-hydrogen) atoms. The summed E-state index contributed by atoms with van der Waals surface area (Å²) in [5.41, 5.74) is 13.6. The van der Waals surface area contributed by atoms with Crippen molar-refractivity contribution < 1.29 is 0 Å². The number of nitriles is 2. The van der Waals surface area contributed by atoms with E-state index in [1.54, 1.807) is 12.1 Å². The lowest BCUT2D eigenvalue weighted by molar-refractivity contribution is 1.35. The van der Waals surface area contributed by atoms with Gasteiger partial charge < -0.3 is 5.73 Å². The van der Waals surface area contributed by atoms with Gasteiger partial charge >= 0.3 is 0 Å². The van der Waals surface area contributed by atoms with Gasteiger partial charge in [-0.25, -0.2) is 4.99 Å². The van der Waals surface area contributed by atoms with Crippen LogP contribution in [0.15, 0.2) is 96.0 Å². The maximum Gasteiger partial charge on any atom is 0.154 e. The van der Waals surface area contributed by atoms with E-state index in [4.69, 9.17) is 21.7 Å². The van der Waals surface area contributed by atoms with Crippen molar-refractivity contribution in [3.05, 3.63) is 119 Å². The van der Waals surface area contributed by atoms with E-state index in [0.717, 1.165) is 27.8 Å². The fourth-order valence-corrected chi connectivity index (χ4v) is 3.72. The third-order valence-corrected chi connectivity index (χ3v) is 5.54.